The third-order valence-electron chi connectivity index (χ3n) is 4.97. The van der Waals surface area contributed by atoms with E-state index in [1.54, 1.807) is 0 Å². The summed E-state index contributed by atoms with van der Waals surface area (Å²) >= 11 is 0. The number of nitrogens with one attached hydrogen (secondary N) is 1. The first-order valence-electron chi connectivity index (χ1n) is 8.26. The zero-order valence-corrected chi connectivity index (χ0v) is 14.1. The monoisotopic (exact) mass is 311 g/mol. The van der Waals surface area contributed by atoms with E-state index in [2.05, 4.69) is 5.32 Å². The molecule has 0 aromatic heterocycles. The van der Waals surface area contributed by atoms with Gasteiger partial charge in [0, 0.05) is 51.2 Å². The summed E-state index contributed by atoms with van der Waals surface area (Å²) < 4.78 is 5.48. The quantitative estimate of drug-likeness (QED) is 0.795. The van der Waals surface area contributed by atoms with Crippen LogP contribution in [0.15, 0.2) is 0 Å². The molecule has 0 aliphatic carbocycles. The van der Waals surface area contributed by atoms with Gasteiger partial charge in [-0.15, -0.1) is 0 Å². The van der Waals surface area contributed by atoms with Gasteiger partial charge >= 0.3 is 0 Å². The summed E-state index contributed by atoms with van der Waals surface area (Å²) in [6.07, 6.45) is 2.24. The molecule has 0 saturated carbocycles. The summed E-state index contributed by atoms with van der Waals surface area (Å²) in [5.41, 5.74) is -0.0920. The Labute approximate surface area is 133 Å². The molecule has 2 saturated heterocycles. The van der Waals surface area contributed by atoms with Crippen LogP contribution in [0.5, 0.6) is 0 Å². The van der Waals surface area contributed by atoms with Crippen molar-refractivity contribution in [3.8, 4) is 0 Å². The minimum Gasteiger partial charge on any atom is -0.381 e. The summed E-state index contributed by atoms with van der Waals surface area (Å²) in [6.45, 7) is 5.99. The number of likely N-dealkylation sites (tertiary alicyclic amines) is 1. The Hall–Kier alpha value is -1.14. The normalized spacial score (nSPS) is 24.0. The zero-order valence-electron chi connectivity index (χ0n) is 14.1. The molecule has 2 aliphatic heterocycles. The molecule has 2 heterocycles. The number of amides is 2. The molecule has 1 N–H and O–H groups in total. The molecule has 2 rings (SSSR count). The summed E-state index contributed by atoms with van der Waals surface area (Å²) in [4.78, 5) is 28.6. The lowest BCUT2D eigenvalue weighted by atomic mass is 9.72. The predicted octanol–water partition coefficient (Wildman–Crippen LogP) is 0.329. The van der Waals surface area contributed by atoms with Gasteiger partial charge in [0.05, 0.1) is 5.92 Å². The molecule has 0 aromatic carbocycles. The van der Waals surface area contributed by atoms with E-state index in [9.17, 15) is 9.59 Å². The van der Waals surface area contributed by atoms with Crippen LogP contribution in [-0.4, -0.2) is 75.1 Å². The molecule has 22 heavy (non-hydrogen) atoms. The van der Waals surface area contributed by atoms with Crippen LogP contribution in [0.25, 0.3) is 0 Å². The third kappa shape index (κ3) is 3.79. The van der Waals surface area contributed by atoms with Crippen LogP contribution in [-0.2, 0) is 14.3 Å². The van der Waals surface area contributed by atoms with Crippen LogP contribution in [0.1, 0.15) is 26.2 Å². The molecule has 0 radical (unpaired) electrons. The Kier molecular flexibility index (Phi) is 5.81. The van der Waals surface area contributed by atoms with Gasteiger partial charge < -0.3 is 19.9 Å². The van der Waals surface area contributed by atoms with Gasteiger partial charge in [0.15, 0.2) is 0 Å². The fourth-order valence-electron chi connectivity index (χ4n) is 3.55. The lowest BCUT2D eigenvalue weighted by Crippen LogP contribution is -2.45. The first-order valence-corrected chi connectivity index (χ1v) is 8.26. The fourth-order valence-corrected chi connectivity index (χ4v) is 3.55. The molecule has 2 aliphatic rings. The van der Waals surface area contributed by atoms with Crippen molar-refractivity contribution in [3.63, 3.8) is 0 Å². The highest BCUT2D eigenvalue weighted by atomic mass is 16.5. The molecule has 6 heteroatoms. The van der Waals surface area contributed by atoms with Crippen molar-refractivity contribution in [2.45, 2.75) is 26.2 Å². The predicted molar refractivity (Wildman–Crippen MR) is 84.4 cm³/mol. The van der Waals surface area contributed by atoms with Crippen molar-refractivity contribution in [2.75, 3.05) is 53.5 Å². The molecule has 1 atom stereocenters. The van der Waals surface area contributed by atoms with E-state index >= 15 is 0 Å². The van der Waals surface area contributed by atoms with Crippen LogP contribution in [0.2, 0.25) is 0 Å². The van der Waals surface area contributed by atoms with Crippen molar-refractivity contribution in [1.82, 2.24) is 15.1 Å². The number of rotatable bonds is 5. The highest BCUT2D eigenvalue weighted by molar-refractivity contribution is 5.83. The lowest BCUT2D eigenvalue weighted by molar-refractivity contribution is -0.130. The number of hydrogen-bond donors (Lipinski definition) is 1. The number of carbonyl (C=O) groups excluding carboxylic acids is 2. The number of likely N-dealkylation sites (N-methyl/N-ethyl adjacent to an activating group) is 1. The maximum atomic E-state index is 12.6. The highest BCUT2D eigenvalue weighted by Crippen LogP contribution is 2.44. The van der Waals surface area contributed by atoms with Crippen molar-refractivity contribution < 1.29 is 14.3 Å². The summed E-state index contributed by atoms with van der Waals surface area (Å²) in [5.74, 6) is 0.138. The molecular weight excluding hydrogens is 282 g/mol. The Morgan fingerprint density at radius 3 is 2.59 bits per heavy atom. The minimum atomic E-state index is -0.103. The first-order chi connectivity index (χ1) is 10.5. The highest BCUT2D eigenvalue weighted by Gasteiger charge is 2.51. The molecule has 0 bridgehead atoms. The number of nitrogens with zero attached hydrogens (tertiary/aromatic N) is 2. The van der Waals surface area contributed by atoms with E-state index in [1.807, 2.05) is 30.8 Å². The second-order valence-electron chi connectivity index (χ2n) is 6.75. The second-order valence-corrected chi connectivity index (χ2v) is 6.75. The van der Waals surface area contributed by atoms with E-state index in [0.29, 0.717) is 39.3 Å². The standard InChI is InChI=1S/C16H29N3O3/c1-4-14(20)19-11-13(15(21)17-7-8-18(2)3)16(12-19)5-9-22-10-6-16/h13H,4-12H2,1-3H3,(H,17,21). The molecule has 0 aromatic rings. The third-order valence-corrected chi connectivity index (χ3v) is 4.97. The van der Waals surface area contributed by atoms with Gasteiger partial charge in [-0.1, -0.05) is 6.92 Å². The van der Waals surface area contributed by atoms with Crippen LogP contribution >= 0.6 is 0 Å². The van der Waals surface area contributed by atoms with Gasteiger partial charge in [0.2, 0.25) is 11.8 Å². The van der Waals surface area contributed by atoms with E-state index in [-0.39, 0.29) is 23.1 Å². The summed E-state index contributed by atoms with van der Waals surface area (Å²) in [7, 11) is 3.98. The van der Waals surface area contributed by atoms with E-state index < -0.39 is 0 Å². The molecule has 6 nitrogen and oxygen atoms in total. The molecule has 2 fully saturated rings. The van der Waals surface area contributed by atoms with Crippen LogP contribution < -0.4 is 5.32 Å². The SMILES string of the molecule is CCC(=O)N1CC(C(=O)NCCN(C)C)C2(CCOCC2)C1. The molecule has 1 unspecified atom stereocenters. The Balaban J connectivity index is 2.04. The topological polar surface area (TPSA) is 61.9 Å². The second kappa shape index (κ2) is 7.42. The Morgan fingerprint density at radius 2 is 2.00 bits per heavy atom. The molecule has 1 spiro atoms. The maximum Gasteiger partial charge on any atom is 0.225 e. The minimum absolute atomic E-state index is 0.0920. The van der Waals surface area contributed by atoms with Gasteiger partial charge in [-0.3, -0.25) is 9.59 Å². The fraction of sp³-hybridized carbons (Fsp3) is 0.875. The average molecular weight is 311 g/mol. The smallest absolute Gasteiger partial charge is 0.225 e. The first kappa shape index (κ1) is 17.2. The lowest BCUT2D eigenvalue weighted by Gasteiger charge is -2.37. The summed E-state index contributed by atoms with van der Waals surface area (Å²) in [6, 6.07) is 0. The van der Waals surface area contributed by atoms with E-state index in [0.717, 1.165) is 19.4 Å². The van der Waals surface area contributed by atoms with Gasteiger partial charge in [-0.05, 0) is 26.9 Å². The largest absolute Gasteiger partial charge is 0.381 e. The Bertz CT molecular complexity index is 405. The Morgan fingerprint density at radius 1 is 1.32 bits per heavy atom. The zero-order chi connectivity index (χ0) is 16.2. The average Bonchev–Trinajstić information content (AvgIpc) is 2.85. The van der Waals surface area contributed by atoms with E-state index in [4.69, 9.17) is 4.74 Å². The van der Waals surface area contributed by atoms with Crippen LogP contribution in [0.3, 0.4) is 0 Å². The van der Waals surface area contributed by atoms with Gasteiger partial charge in [0.25, 0.3) is 0 Å². The van der Waals surface area contributed by atoms with Crippen molar-refractivity contribution >= 4 is 11.8 Å². The van der Waals surface area contributed by atoms with Gasteiger partial charge in [0.1, 0.15) is 0 Å². The number of ether oxygens (including phenoxy) is 1. The van der Waals surface area contributed by atoms with Gasteiger partial charge in [-0.25, -0.2) is 0 Å². The number of hydrogen-bond acceptors (Lipinski definition) is 4. The van der Waals surface area contributed by atoms with Crippen molar-refractivity contribution in [1.29, 1.82) is 0 Å². The molecule has 2 amide bonds. The van der Waals surface area contributed by atoms with Crippen LogP contribution in [0, 0.1) is 11.3 Å². The van der Waals surface area contributed by atoms with Crippen molar-refractivity contribution in [2.24, 2.45) is 11.3 Å². The van der Waals surface area contributed by atoms with E-state index in [1.165, 1.54) is 0 Å². The van der Waals surface area contributed by atoms with Crippen LogP contribution in [0.4, 0.5) is 0 Å². The van der Waals surface area contributed by atoms with Crippen molar-refractivity contribution in [3.05, 3.63) is 0 Å². The molecular formula is C16H29N3O3. The molecule has 126 valence electrons. The summed E-state index contributed by atoms with van der Waals surface area (Å²) in [5, 5.41) is 3.05. The number of carbonyl (C=O) groups is 2. The maximum absolute atomic E-state index is 12.6. The van der Waals surface area contributed by atoms with Gasteiger partial charge in [-0.2, -0.15) is 0 Å².